The monoisotopic (exact) mass is 289 g/mol. The van der Waals surface area contributed by atoms with Gasteiger partial charge in [0.1, 0.15) is 0 Å². The SMILES string of the molecule is CC(NC(CCO)C(C)C)c1ccc(C(F)(F)F)cc1. The predicted molar refractivity (Wildman–Crippen MR) is 73.3 cm³/mol. The van der Waals surface area contributed by atoms with E-state index in [1.807, 2.05) is 20.8 Å². The van der Waals surface area contributed by atoms with Crippen molar-refractivity contribution in [1.82, 2.24) is 5.32 Å². The predicted octanol–water partition coefficient (Wildman–Crippen LogP) is 3.76. The van der Waals surface area contributed by atoms with Crippen molar-refractivity contribution in [2.45, 2.75) is 45.5 Å². The maximum Gasteiger partial charge on any atom is 0.416 e. The fraction of sp³-hybridized carbons (Fsp3) is 0.600. The van der Waals surface area contributed by atoms with E-state index in [1.165, 1.54) is 12.1 Å². The molecule has 1 aromatic carbocycles. The highest BCUT2D eigenvalue weighted by atomic mass is 19.4. The molecule has 0 spiro atoms. The summed E-state index contributed by atoms with van der Waals surface area (Å²) in [5, 5.41) is 12.4. The van der Waals surface area contributed by atoms with E-state index in [9.17, 15) is 13.2 Å². The van der Waals surface area contributed by atoms with Crippen molar-refractivity contribution in [3.63, 3.8) is 0 Å². The van der Waals surface area contributed by atoms with Crippen molar-refractivity contribution in [3.8, 4) is 0 Å². The van der Waals surface area contributed by atoms with Crippen LogP contribution in [0, 0.1) is 5.92 Å². The third-order valence-corrected chi connectivity index (χ3v) is 3.45. The fourth-order valence-corrected chi connectivity index (χ4v) is 2.13. The first-order valence-electron chi connectivity index (χ1n) is 6.79. The molecule has 5 heteroatoms. The van der Waals surface area contributed by atoms with Crippen LogP contribution in [0.1, 0.15) is 44.4 Å². The molecule has 0 aliphatic rings. The number of hydrogen-bond donors (Lipinski definition) is 2. The number of aliphatic hydroxyl groups excluding tert-OH is 1. The van der Waals surface area contributed by atoms with E-state index >= 15 is 0 Å². The summed E-state index contributed by atoms with van der Waals surface area (Å²) in [4.78, 5) is 0. The maximum atomic E-state index is 12.5. The second-order valence-electron chi connectivity index (χ2n) is 5.37. The second-order valence-corrected chi connectivity index (χ2v) is 5.37. The largest absolute Gasteiger partial charge is 0.416 e. The molecule has 0 saturated heterocycles. The smallest absolute Gasteiger partial charge is 0.396 e. The van der Waals surface area contributed by atoms with Crippen LogP contribution in [-0.4, -0.2) is 17.8 Å². The summed E-state index contributed by atoms with van der Waals surface area (Å²) >= 11 is 0. The van der Waals surface area contributed by atoms with Crippen LogP contribution in [0.2, 0.25) is 0 Å². The highest BCUT2D eigenvalue weighted by molar-refractivity contribution is 5.26. The minimum absolute atomic E-state index is 0.0590. The fourth-order valence-electron chi connectivity index (χ4n) is 2.13. The molecule has 0 bridgehead atoms. The van der Waals surface area contributed by atoms with Gasteiger partial charge in [-0.2, -0.15) is 13.2 Å². The molecular formula is C15H22F3NO. The molecular weight excluding hydrogens is 267 g/mol. The molecule has 0 fully saturated rings. The number of nitrogens with one attached hydrogen (secondary N) is 1. The quantitative estimate of drug-likeness (QED) is 0.835. The van der Waals surface area contributed by atoms with Crippen LogP contribution in [-0.2, 0) is 6.18 Å². The molecule has 2 nitrogen and oxygen atoms in total. The standard InChI is InChI=1S/C15H22F3NO/c1-10(2)14(8-9-20)19-11(3)12-4-6-13(7-5-12)15(16,17)18/h4-7,10-11,14,19-20H,8-9H2,1-3H3. The number of benzene rings is 1. The third kappa shape index (κ3) is 4.80. The lowest BCUT2D eigenvalue weighted by Gasteiger charge is -2.26. The van der Waals surface area contributed by atoms with Gasteiger partial charge in [0.2, 0.25) is 0 Å². The Hall–Kier alpha value is -1.07. The molecule has 0 aliphatic carbocycles. The van der Waals surface area contributed by atoms with E-state index < -0.39 is 11.7 Å². The average Bonchev–Trinajstić information content (AvgIpc) is 2.37. The second kappa shape index (κ2) is 7.09. The first-order valence-corrected chi connectivity index (χ1v) is 6.79. The van der Waals surface area contributed by atoms with Crippen LogP contribution < -0.4 is 5.32 Å². The van der Waals surface area contributed by atoms with E-state index in [0.29, 0.717) is 12.3 Å². The van der Waals surface area contributed by atoms with Crippen LogP contribution in [0.4, 0.5) is 13.2 Å². The van der Waals surface area contributed by atoms with Crippen LogP contribution in [0.3, 0.4) is 0 Å². The molecule has 0 radical (unpaired) electrons. The number of hydrogen-bond acceptors (Lipinski definition) is 2. The van der Waals surface area contributed by atoms with Crippen LogP contribution in [0.15, 0.2) is 24.3 Å². The van der Waals surface area contributed by atoms with Crippen molar-refractivity contribution in [1.29, 1.82) is 0 Å². The zero-order valence-corrected chi connectivity index (χ0v) is 12.0. The minimum atomic E-state index is -4.30. The molecule has 20 heavy (non-hydrogen) atoms. The molecule has 1 rings (SSSR count). The van der Waals surface area contributed by atoms with Crippen LogP contribution in [0.25, 0.3) is 0 Å². The van der Waals surface area contributed by atoms with Gasteiger partial charge in [0.25, 0.3) is 0 Å². The lowest BCUT2D eigenvalue weighted by Crippen LogP contribution is -2.36. The normalized spacial score (nSPS) is 15.4. The molecule has 0 aromatic heterocycles. The first kappa shape index (κ1) is 17.0. The van der Waals surface area contributed by atoms with E-state index in [2.05, 4.69) is 5.32 Å². The molecule has 0 aliphatic heterocycles. The Morgan fingerprint density at radius 2 is 1.65 bits per heavy atom. The molecule has 114 valence electrons. The van der Waals surface area contributed by atoms with E-state index in [1.54, 1.807) is 0 Å². The summed E-state index contributed by atoms with van der Waals surface area (Å²) in [6.07, 6.45) is -3.67. The van der Waals surface area contributed by atoms with Gasteiger partial charge in [-0.3, -0.25) is 0 Å². The molecule has 2 atom stereocenters. The highest BCUT2D eigenvalue weighted by Crippen LogP contribution is 2.30. The maximum absolute atomic E-state index is 12.5. The van der Waals surface area contributed by atoms with E-state index in [4.69, 9.17) is 5.11 Å². The van der Waals surface area contributed by atoms with Gasteiger partial charge < -0.3 is 10.4 Å². The topological polar surface area (TPSA) is 32.3 Å². The Labute approximate surface area is 118 Å². The molecule has 2 N–H and O–H groups in total. The first-order chi connectivity index (χ1) is 9.25. The van der Waals surface area contributed by atoms with E-state index in [-0.39, 0.29) is 18.7 Å². The summed E-state index contributed by atoms with van der Waals surface area (Å²) in [5.41, 5.74) is 0.172. The van der Waals surface area contributed by atoms with Gasteiger partial charge in [0.15, 0.2) is 0 Å². The van der Waals surface area contributed by atoms with Gasteiger partial charge in [-0.25, -0.2) is 0 Å². The van der Waals surface area contributed by atoms with Gasteiger partial charge in [-0.15, -0.1) is 0 Å². The summed E-state index contributed by atoms with van der Waals surface area (Å²) < 4.78 is 37.5. The Balaban J connectivity index is 2.74. The molecule has 1 aromatic rings. The number of aliphatic hydroxyl groups is 1. The van der Waals surface area contributed by atoms with Crippen molar-refractivity contribution < 1.29 is 18.3 Å². The van der Waals surface area contributed by atoms with Crippen molar-refractivity contribution in [2.75, 3.05) is 6.61 Å². The number of halogens is 3. The highest BCUT2D eigenvalue weighted by Gasteiger charge is 2.30. The summed E-state index contributed by atoms with van der Waals surface area (Å²) in [7, 11) is 0. The third-order valence-electron chi connectivity index (χ3n) is 3.45. The summed E-state index contributed by atoms with van der Waals surface area (Å²) in [6.45, 7) is 6.10. The van der Waals surface area contributed by atoms with Crippen LogP contribution in [0.5, 0.6) is 0 Å². The number of rotatable bonds is 6. The Kier molecular flexibility index (Phi) is 6.02. The van der Waals surface area contributed by atoms with E-state index in [0.717, 1.165) is 17.7 Å². The van der Waals surface area contributed by atoms with Gasteiger partial charge >= 0.3 is 6.18 Å². The lowest BCUT2D eigenvalue weighted by molar-refractivity contribution is -0.137. The van der Waals surface area contributed by atoms with Crippen molar-refractivity contribution in [3.05, 3.63) is 35.4 Å². The Morgan fingerprint density at radius 1 is 1.10 bits per heavy atom. The van der Waals surface area contributed by atoms with Gasteiger partial charge in [0, 0.05) is 18.7 Å². The molecule has 0 saturated carbocycles. The van der Waals surface area contributed by atoms with Gasteiger partial charge in [-0.1, -0.05) is 26.0 Å². The summed E-state index contributed by atoms with van der Waals surface area (Å²) in [6, 6.07) is 5.27. The van der Waals surface area contributed by atoms with Crippen molar-refractivity contribution in [2.24, 2.45) is 5.92 Å². The van der Waals surface area contributed by atoms with Crippen molar-refractivity contribution >= 4 is 0 Å². The molecule has 2 unspecified atom stereocenters. The average molecular weight is 289 g/mol. The summed E-state index contributed by atoms with van der Waals surface area (Å²) in [5.74, 6) is 0.346. The zero-order chi connectivity index (χ0) is 15.3. The zero-order valence-electron chi connectivity index (χ0n) is 12.0. The molecule has 0 heterocycles. The van der Waals surface area contributed by atoms with Gasteiger partial charge in [0.05, 0.1) is 5.56 Å². The Morgan fingerprint density at radius 3 is 2.05 bits per heavy atom. The lowest BCUT2D eigenvalue weighted by atomic mass is 9.98. The Bertz CT molecular complexity index is 401. The molecule has 0 amide bonds. The van der Waals surface area contributed by atoms with Gasteiger partial charge in [-0.05, 0) is 37.0 Å². The minimum Gasteiger partial charge on any atom is -0.396 e. The van der Waals surface area contributed by atoms with Crippen LogP contribution >= 0.6 is 0 Å². The number of alkyl halides is 3.